The van der Waals surface area contributed by atoms with Crippen molar-refractivity contribution in [1.29, 1.82) is 0 Å². The molecule has 0 aromatic heterocycles. The maximum absolute atomic E-state index is 11.7. The number of rotatable bonds is 5. The second-order valence-electron chi connectivity index (χ2n) is 2.78. The lowest BCUT2D eigenvalue weighted by Gasteiger charge is -2.05. The van der Waals surface area contributed by atoms with E-state index in [9.17, 15) is 22.8 Å². The van der Waals surface area contributed by atoms with Gasteiger partial charge in [0.2, 0.25) is 0 Å². The van der Waals surface area contributed by atoms with Crippen LogP contribution in [0.3, 0.4) is 0 Å². The molecule has 0 atom stereocenters. The van der Waals surface area contributed by atoms with Crippen molar-refractivity contribution in [1.82, 2.24) is 0 Å². The number of hydrogen-bond acceptors (Lipinski definition) is 2. The molecule has 0 saturated carbocycles. The highest BCUT2D eigenvalue weighted by Crippen LogP contribution is 2.23. The third kappa shape index (κ3) is 7.53. The maximum atomic E-state index is 11.7. The monoisotopic (exact) mass is 226 g/mol. The summed E-state index contributed by atoms with van der Waals surface area (Å²) in [6.45, 7) is 0. The number of halogens is 3. The fraction of sp³-hybridized carbons (Fsp3) is 0.500. The van der Waals surface area contributed by atoms with Gasteiger partial charge in [-0.1, -0.05) is 0 Å². The number of hydrogen-bond donors (Lipinski definition) is 2. The minimum Gasteiger partial charge on any atom is -0.478 e. The van der Waals surface area contributed by atoms with E-state index in [0.29, 0.717) is 6.08 Å². The predicted octanol–water partition coefficient (Wildman–Crippen LogP) is 1.81. The predicted molar refractivity (Wildman–Crippen MR) is 43.3 cm³/mol. The van der Waals surface area contributed by atoms with Crippen LogP contribution in [0.15, 0.2) is 11.6 Å². The van der Waals surface area contributed by atoms with Gasteiger partial charge in [-0.15, -0.1) is 0 Å². The van der Waals surface area contributed by atoms with E-state index in [4.69, 9.17) is 10.2 Å². The standard InChI is InChI=1S/C8H9F3O4/c9-8(10,11)3-1-2-5(7(14)15)4-6(12)13/h4H,1-3H2,(H,12,13)(H,14,15)/b5-4+. The maximum Gasteiger partial charge on any atom is 0.389 e. The Kier molecular flexibility index (Phi) is 4.83. The van der Waals surface area contributed by atoms with E-state index < -0.39 is 43.0 Å². The largest absolute Gasteiger partial charge is 0.478 e. The molecule has 0 aromatic carbocycles. The molecule has 0 radical (unpaired) electrons. The zero-order chi connectivity index (χ0) is 12.1. The molecule has 0 aliphatic rings. The highest BCUT2D eigenvalue weighted by Gasteiger charge is 2.26. The molecule has 0 unspecified atom stereocenters. The van der Waals surface area contributed by atoms with Crippen molar-refractivity contribution in [3.63, 3.8) is 0 Å². The quantitative estimate of drug-likeness (QED) is 0.701. The van der Waals surface area contributed by atoms with E-state index in [0.717, 1.165) is 0 Å². The van der Waals surface area contributed by atoms with Crippen molar-refractivity contribution < 1.29 is 33.0 Å². The first kappa shape index (κ1) is 13.5. The number of carboxylic acids is 2. The molecule has 0 amide bonds. The molecule has 0 heterocycles. The smallest absolute Gasteiger partial charge is 0.389 e. The van der Waals surface area contributed by atoms with Crippen LogP contribution in [0.5, 0.6) is 0 Å². The number of alkyl halides is 3. The summed E-state index contributed by atoms with van der Waals surface area (Å²) in [4.78, 5) is 20.5. The van der Waals surface area contributed by atoms with Gasteiger partial charge in [-0.25, -0.2) is 9.59 Å². The fourth-order valence-electron chi connectivity index (χ4n) is 0.869. The van der Waals surface area contributed by atoms with E-state index in [-0.39, 0.29) is 0 Å². The normalized spacial score (nSPS) is 12.6. The second-order valence-corrected chi connectivity index (χ2v) is 2.78. The van der Waals surface area contributed by atoms with Crippen LogP contribution in [-0.4, -0.2) is 28.3 Å². The van der Waals surface area contributed by atoms with Crippen LogP contribution in [0, 0.1) is 0 Å². The summed E-state index contributed by atoms with van der Waals surface area (Å²) in [6, 6.07) is 0. The molecule has 0 spiro atoms. The van der Waals surface area contributed by atoms with Crippen LogP contribution >= 0.6 is 0 Å². The van der Waals surface area contributed by atoms with Crippen molar-refractivity contribution in [2.24, 2.45) is 0 Å². The zero-order valence-electron chi connectivity index (χ0n) is 7.54. The zero-order valence-corrected chi connectivity index (χ0v) is 7.54. The summed E-state index contributed by atoms with van der Waals surface area (Å²) in [6.07, 6.45) is -5.93. The first-order chi connectivity index (χ1) is 6.72. The number of carboxylic acid groups (broad SMARTS) is 2. The SMILES string of the molecule is O=C(O)/C=C(\CCCC(F)(F)F)C(=O)O. The summed E-state index contributed by atoms with van der Waals surface area (Å²) in [5, 5.41) is 16.7. The molecule has 0 rings (SSSR count). The molecule has 4 nitrogen and oxygen atoms in total. The molecule has 0 aliphatic carbocycles. The molecular formula is C8H9F3O4. The molecule has 15 heavy (non-hydrogen) atoms. The van der Waals surface area contributed by atoms with Gasteiger partial charge in [-0.2, -0.15) is 13.2 Å². The van der Waals surface area contributed by atoms with Gasteiger partial charge < -0.3 is 10.2 Å². The van der Waals surface area contributed by atoms with E-state index >= 15 is 0 Å². The van der Waals surface area contributed by atoms with Crippen molar-refractivity contribution in [2.75, 3.05) is 0 Å². The number of aliphatic carboxylic acids is 2. The van der Waals surface area contributed by atoms with Crippen LogP contribution in [0.25, 0.3) is 0 Å². The van der Waals surface area contributed by atoms with Crippen LogP contribution < -0.4 is 0 Å². The second kappa shape index (κ2) is 5.38. The van der Waals surface area contributed by atoms with Crippen LogP contribution in [0.1, 0.15) is 19.3 Å². The van der Waals surface area contributed by atoms with E-state index in [2.05, 4.69) is 0 Å². The van der Waals surface area contributed by atoms with Crippen molar-refractivity contribution in [2.45, 2.75) is 25.4 Å². The minimum absolute atomic E-state index is 0.401. The van der Waals surface area contributed by atoms with Gasteiger partial charge in [-0.3, -0.25) is 0 Å². The van der Waals surface area contributed by atoms with E-state index in [1.54, 1.807) is 0 Å². The van der Waals surface area contributed by atoms with E-state index in [1.807, 2.05) is 0 Å². The van der Waals surface area contributed by atoms with Gasteiger partial charge in [0.25, 0.3) is 0 Å². The molecule has 7 heteroatoms. The van der Waals surface area contributed by atoms with Gasteiger partial charge in [0.05, 0.1) is 0 Å². The summed E-state index contributed by atoms with van der Waals surface area (Å²) < 4.78 is 35.1. The molecule has 2 N–H and O–H groups in total. The Bertz CT molecular complexity index is 280. The Hall–Kier alpha value is -1.53. The average Bonchev–Trinajstić information content (AvgIpc) is 1.99. The third-order valence-electron chi connectivity index (χ3n) is 1.48. The van der Waals surface area contributed by atoms with Crippen LogP contribution in [0.4, 0.5) is 13.2 Å². The van der Waals surface area contributed by atoms with Crippen LogP contribution in [0.2, 0.25) is 0 Å². The molecule has 0 aliphatic heterocycles. The van der Waals surface area contributed by atoms with Crippen molar-refractivity contribution in [3.8, 4) is 0 Å². The molecule has 0 bridgehead atoms. The van der Waals surface area contributed by atoms with Gasteiger partial charge in [-0.05, 0) is 12.8 Å². The minimum atomic E-state index is -4.35. The average molecular weight is 226 g/mol. The fourth-order valence-corrected chi connectivity index (χ4v) is 0.869. The van der Waals surface area contributed by atoms with Gasteiger partial charge in [0.1, 0.15) is 0 Å². The van der Waals surface area contributed by atoms with E-state index in [1.165, 1.54) is 0 Å². The van der Waals surface area contributed by atoms with Crippen LogP contribution in [-0.2, 0) is 9.59 Å². The molecule has 0 aromatic rings. The summed E-state index contributed by atoms with van der Waals surface area (Å²) in [5.41, 5.74) is -0.535. The third-order valence-corrected chi connectivity index (χ3v) is 1.48. The Morgan fingerprint density at radius 2 is 1.73 bits per heavy atom. The lowest BCUT2D eigenvalue weighted by molar-refractivity contribution is -0.138. The summed E-state index contributed by atoms with van der Waals surface area (Å²) in [5.74, 6) is -3.00. The summed E-state index contributed by atoms with van der Waals surface area (Å²) >= 11 is 0. The van der Waals surface area contributed by atoms with Crippen molar-refractivity contribution in [3.05, 3.63) is 11.6 Å². The Labute approximate surface area is 83.0 Å². The lowest BCUT2D eigenvalue weighted by atomic mass is 10.1. The lowest BCUT2D eigenvalue weighted by Crippen LogP contribution is -2.09. The van der Waals surface area contributed by atoms with Crippen molar-refractivity contribution >= 4 is 11.9 Å². The van der Waals surface area contributed by atoms with Gasteiger partial charge in [0, 0.05) is 18.1 Å². The molecule has 0 saturated heterocycles. The first-order valence-corrected chi connectivity index (χ1v) is 3.96. The molecular weight excluding hydrogens is 217 g/mol. The Morgan fingerprint density at radius 1 is 1.20 bits per heavy atom. The number of carbonyl (C=O) groups is 2. The Morgan fingerprint density at radius 3 is 2.07 bits per heavy atom. The molecule has 86 valence electrons. The summed E-state index contributed by atoms with van der Waals surface area (Å²) in [7, 11) is 0. The highest BCUT2D eigenvalue weighted by atomic mass is 19.4. The Balaban J connectivity index is 4.22. The van der Waals surface area contributed by atoms with Gasteiger partial charge in [0.15, 0.2) is 0 Å². The first-order valence-electron chi connectivity index (χ1n) is 3.96. The van der Waals surface area contributed by atoms with Gasteiger partial charge >= 0.3 is 18.1 Å². The molecule has 0 fully saturated rings. The highest BCUT2D eigenvalue weighted by molar-refractivity contribution is 5.94. The topological polar surface area (TPSA) is 74.6 Å².